The average molecular weight is 287 g/mol. The van der Waals surface area contributed by atoms with E-state index in [1.165, 1.54) is 11.1 Å². The monoisotopic (exact) mass is 287 g/mol. The smallest absolute Gasteiger partial charge is 0.119 e. The molecule has 0 unspecified atom stereocenters. The van der Waals surface area contributed by atoms with Crippen LogP contribution in [0.3, 0.4) is 0 Å². The van der Waals surface area contributed by atoms with Crippen LogP contribution in [0.25, 0.3) is 10.9 Å². The van der Waals surface area contributed by atoms with E-state index >= 15 is 0 Å². The van der Waals surface area contributed by atoms with Gasteiger partial charge in [-0.2, -0.15) is 4.73 Å². The molecule has 1 aliphatic heterocycles. The fraction of sp³-hybridized carbons (Fsp3) is 0.529. The Morgan fingerprint density at radius 2 is 1.81 bits per heavy atom. The van der Waals surface area contributed by atoms with Gasteiger partial charge in [0.05, 0.1) is 11.2 Å². The number of para-hydroxylation sites is 1. The third-order valence-electron chi connectivity index (χ3n) is 4.04. The summed E-state index contributed by atoms with van der Waals surface area (Å²) >= 11 is 0. The van der Waals surface area contributed by atoms with E-state index in [0.29, 0.717) is 0 Å². The van der Waals surface area contributed by atoms with Crippen LogP contribution in [0.5, 0.6) is 0 Å². The predicted molar refractivity (Wildman–Crippen MR) is 86.4 cm³/mol. The van der Waals surface area contributed by atoms with E-state index < -0.39 is 0 Å². The van der Waals surface area contributed by atoms with E-state index in [-0.39, 0.29) is 6.10 Å². The van der Waals surface area contributed by atoms with Gasteiger partial charge in [0.25, 0.3) is 0 Å². The van der Waals surface area contributed by atoms with E-state index in [1.807, 2.05) is 4.73 Å². The number of piperazine rings is 1. The van der Waals surface area contributed by atoms with Crippen LogP contribution in [0.15, 0.2) is 30.3 Å². The summed E-state index contributed by atoms with van der Waals surface area (Å²) in [6, 6.07) is 10.7. The van der Waals surface area contributed by atoms with E-state index in [2.05, 4.69) is 61.0 Å². The van der Waals surface area contributed by atoms with Crippen molar-refractivity contribution in [3.8, 4) is 0 Å². The van der Waals surface area contributed by atoms with Gasteiger partial charge in [-0.25, -0.2) is 0 Å². The fourth-order valence-corrected chi connectivity index (χ4v) is 2.87. The van der Waals surface area contributed by atoms with E-state index in [0.717, 1.165) is 38.2 Å². The Kier molecular flexibility index (Phi) is 4.17. The number of hydrogen-bond acceptors (Lipinski definition) is 3. The topological polar surface area (TPSA) is 20.6 Å². The zero-order valence-electron chi connectivity index (χ0n) is 13.2. The van der Waals surface area contributed by atoms with Gasteiger partial charge in [0.1, 0.15) is 6.10 Å². The van der Waals surface area contributed by atoms with Gasteiger partial charge in [0, 0.05) is 38.1 Å². The maximum Gasteiger partial charge on any atom is 0.119 e. The predicted octanol–water partition coefficient (Wildman–Crippen LogP) is 2.23. The minimum atomic E-state index is 0.173. The summed E-state index contributed by atoms with van der Waals surface area (Å²) < 4.78 is 2.03. The van der Waals surface area contributed by atoms with Crippen LogP contribution in [0.4, 0.5) is 0 Å². The molecule has 3 rings (SSSR count). The molecule has 0 bridgehead atoms. The van der Waals surface area contributed by atoms with Gasteiger partial charge in [-0.3, -0.25) is 4.90 Å². The first-order chi connectivity index (χ1) is 10.1. The van der Waals surface area contributed by atoms with Gasteiger partial charge in [0.2, 0.25) is 0 Å². The van der Waals surface area contributed by atoms with Crippen molar-refractivity contribution < 1.29 is 4.84 Å². The molecular weight excluding hydrogens is 262 g/mol. The van der Waals surface area contributed by atoms with Crippen molar-refractivity contribution >= 4 is 10.9 Å². The zero-order chi connectivity index (χ0) is 14.8. The lowest BCUT2D eigenvalue weighted by Crippen LogP contribution is -2.44. The number of aromatic nitrogens is 1. The number of benzene rings is 1. The highest BCUT2D eigenvalue weighted by atomic mass is 16.7. The second kappa shape index (κ2) is 6.08. The SMILES string of the molecule is CC(C)On1c(CN2CCN(C)CC2)cc2ccccc21. The van der Waals surface area contributed by atoms with Gasteiger partial charge < -0.3 is 9.74 Å². The molecular formula is C17H25N3O. The standard InChI is InChI=1S/C17H25N3O/c1-14(2)21-20-16(12-15-6-4-5-7-17(15)20)13-19-10-8-18(3)9-11-19/h4-7,12,14H,8-11,13H2,1-3H3. The molecule has 0 radical (unpaired) electrons. The van der Waals surface area contributed by atoms with Crippen LogP contribution in [0.2, 0.25) is 0 Å². The lowest BCUT2D eigenvalue weighted by atomic mass is 10.2. The van der Waals surface area contributed by atoms with Gasteiger partial charge in [-0.15, -0.1) is 0 Å². The van der Waals surface area contributed by atoms with Crippen molar-refractivity contribution in [3.05, 3.63) is 36.0 Å². The highest BCUT2D eigenvalue weighted by Gasteiger charge is 2.18. The number of fused-ring (bicyclic) bond motifs is 1. The first kappa shape index (κ1) is 14.4. The molecule has 1 aromatic carbocycles. The molecule has 0 N–H and O–H groups in total. The molecule has 0 amide bonds. The minimum Gasteiger partial charge on any atom is -0.411 e. The van der Waals surface area contributed by atoms with Crippen LogP contribution in [-0.4, -0.2) is 53.9 Å². The van der Waals surface area contributed by atoms with Crippen molar-refractivity contribution in [2.75, 3.05) is 33.2 Å². The van der Waals surface area contributed by atoms with Crippen LogP contribution in [-0.2, 0) is 6.54 Å². The summed E-state index contributed by atoms with van der Waals surface area (Å²) in [6.07, 6.45) is 0.173. The Morgan fingerprint density at radius 3 is 2.52 bits per heavy atom. The van der Waals surface area contributed by atoms with Crippen molar-refractivity contribution in [1.29, 1.82) is 0 Å². The van der Waals surface area contributed by atoms with Gasteiger partial charge in [-0.05, 0) is 33.0 Å². The van der Waals surface area contributed by atoms with Crippen LogP contribution in [0.1, 0.15) is 19.5 Å². The van der Waals surface area contributed by atoms with Gasteiger partial charge >= 0.3 is 0 Å². The third-order valence-corrected chi connectivity index (χ3v) is 4.04. The highest BCUT2D eigenvalue weighted by molar-refractivity contribution is 5.80. The summed E-state index contributed by atoms with van der Waals surface area (Å²) in [5.41, 5.74) is 2.41. The van der Waals surface area contributed by atoms with Crippen molar-refractivity contribution in [1.82, 2.24) is 14.5 Å². The van der Waals surface area contributed by atoms with Crippen molar-refractivity contribution in [2.45, 2.75) is 26.5 Å². The molecule has 2 heterocycles. The molecule has 1 aliphatic rings. The van der Waals surface area contributed by atoms with Crippen LogP contribution < -0.4 is 4.84 Å². The number of rotatable bonds is 4. The largest absolute Gasteiger partial charge is 0.411 e. The molecule has 0 atom stereocenters. The second-order valence-corrected chi connectivity index (χ2v) is 6.22. The first-order valence-electron chi connectivity index (χ1n) is 7.81. The summed E-state index contributed by atoms with van der Waals surface area (Å²) in [4.78, 5) is 10.9. The molecule has 4 nitrogen and oxygen atoms in total. The Labute approximate surface area is 126 Å². The number of nitrogens with zero attached hydrogens (tertiary/aromatic N) is 3. The van der Waals surface area contributed by atoms with Crippen LogP contribution >= 0.6 is 0 Å². The summed E-state index contributed by atoms with van der Waals surface area (Å²) in [5.74, 6) is 0. The third kappa shape index (κ3) is 3.22. The van der Waals surface area contributed by atoms with E-state index in [1.54, 1.807) is 0 Å². The van der Waals surface area contributed by atoms with Crippen molar-refractivity contribution in [2.24, 2.45) is 0 Å². The molecule has 1 aromatic heterocycles. The Bertz CT molecular complexity index is 597. The minimum absolute atomic E-state index is 0.173. The molecule has 0 saturated carbocycles. The van der Waals surface area contributed by atoms with Gasteiger partial charge in [0.15, 0.2) is 0 Å². The quantitative estimate of drug-likeness (QED) is 0.860. The molecule has 0 aliphatic carbocycles. The average Bonchev–Trinajstić information content (AvgIpc) is 2.79. The lowest BCUT2D eigenvalue weighted by molar-refractivity contribution is 0.0554. The number of hydrogen-bond donors (Lipinski definition) is 0. The Morgan fingerprint density at radius 1 is 1.10 bits per heavy atom. The molecule has 1 saturated heterocycles. The van der Waals surface area contributed by atoms with Gasteiger partial charge in [-0.1, -0.05) is 18.2 Å². The van der Waals surface area contributed by atoms with Crippen LogP contribution in [0, 0.1) is 0 Å². The second-order valence-electron chi connectivity index (χ2n) is 6.22. The maximum absolute atomic E-state index is 6.04. The summed E-state index contributed by atoms with van der Waals surface area (Å²) in [7, 11) is 2.19. The normalized spacial score (nSPS) is 17.7. The summed E-state index contributed by atoms with van der Waals surface area (Å²) in [5, 5.41) is 1.25. The fourth-order valence-electron chi connectivity index (χ4n) is 2.87. The number of likely N-dealkylation sites (N-methyl/N-ethyl adjacent to an activating group) is 1. The lowest BCUT2D eigenvalue weighted by Gasteiger charge is -2.32. The molecule has 2 aromatic rings. The van der Waals surface area contributed by atoms with E-state index in [4.69, 9.17) is 4.84 Å². The first-order valence-corrected chi connectivity index (χ1v) is 7.81. The molecule has 4 heteroatoms. The molecule has 114 valence electrons. The molecule has 0 spiro atoms. The van der Waals surface area contributed by atoms with E-state index in [9.17, 15) is 0 Å². The molecule has 21 heavy (non-hydrogen) atoms. The maximum atomic E-state index is 6.04. The van der Waals surface area contributed by atoms with Crippen molar-refractivity contribution in [3.63, 3.8) is 0 Å². The Hall–Kier alpha value is -1.52. The summed E-state index contributed by atoms with van der Waals surface area (Å²) in [6.45, 7) is 9.65. The highest BCUT2D eigenvalue weighted by Crippen LogP contribution is 2.20. The molecule has 1 fully saturated rings. The Balaban J connectivity index is 1.86. The zero-order valence-corrected chi connectivity index (χ0v) is 13.2.